The number of hydrogen-bond acceptors (Lipinski definition) is 4. The number of ether oxygens (including phenoxy) is 1. The monoisotopic (exact) mass is 170 g/mol. The lowest BCUT2D eigenvalue weighted by molar-refractivity contribution is 0.112. The van der Waals surface area contributed by atoms with E-state index in [-0.39, 0.29) is 0 Å². The van der Waals surface area contributed by atoms with Crippen LogP contribution in [0.25, 0.3) is 0 Å². The molecule has 4 heteroatoms. The van der Waals surface area contributed by atoms with E-state index in [1.165, 1.54) is 10.6 Å². The average molecular weight is 170 g/mol. The number of hydrogen-bond donors (Lipinski definition) is 1. The van der Waals surface area contributed by atoms with Crippen LogP contribution >= 0.6 is 11.3 Å². The summed E-state index contributed by atoms with van der Waals surface area (Å²) in [5, 5.41) is 4.04. The van der Waals surface area contributed by atoms with E-state index in [0.29, 0.717) is 0 Å². The molecule has 0 bridgehead atoms. The second-order valence-corrected chi connectivity index (χ2v) is 3.53. The van der Waals surface area contributed by atoms with Crippen LogP contribution in [0.3, 0.4) is 0 Å². The van der Waals surface area contributed by atoms with Crippen LogP contribution in [0.1, 0.15) is 10.6 Å². The molecule has 11 heavy (non-hydrogen) atoms. The minimum atomic E-state index is 0.745. The summed E-state index contributed by atoms with van der Waals surface area (Å²) in [5.41, 5.74) is 1.21. The number of fused-ring (bicyclic) bond motifs is 1. The summed E-state index contributed by atoms with van der Waals surface area (Å²) in [6.45, 7) is 1.56. The summed E-state index contributed by atoms with van der Waals surface area (Å²) >= 11 is 1.69. The molecule has 2 heterocycles. The van der Waals surface area contributed by atoms with E-state index >= 15 is 0 Å². The van der Waals surface area contributed by atoms with E-state index in [2.05, 4.69) is 10.3 Å². The Hall–Kier alpha value is -0.610. The van der Waals surface area contributed by atoms with E-state index in [1.807, 2.05) is 7.05 Å². The Morgan fingerprint density at radius 3 is 3.27 bits per heavy atom. The van der Waals surface area contributed by atoms with Crippen molar-refractivity contribution in [3.63, 3.8) is 0 Å². The third-order valence-electron chi connectivity index (χ3n) is 1.71. The predicted molar refractivity (Wildman–Crippen MR) is 45.0 cm³/mol. The van der Waals surface area contributed by atoms with Gasteiger partial charge in [0.15, 0.2) is 5.13 Å². The first kappa shape index (κ1) is 7.06. The van der Waals surface area contributed by atoms with E-state index in [0.717, 1.165) is 24.8 Å². The van der Waals surface area contributed by atoms with Crippen molar-refractivity contribution in [1.82, 2.24) is 4.98 Å². The first-order chi connectivity index (χ1) is 5.40. The predicted octanol–water partition coefficient (Wildman–Crippen LogP) is 1.26. The summed E-state index contributed by atoms with van der Waals surface area (Å²) in [4.78, 5) is 5.68. The second-order valence-electron chi connectivity index (χ2n) is 2.44. The molecule has 1 aromatic rings. The summed E-state index contributed by atoms with van der Waals surface area (Å²) in [6.07, 6.45) is 0.966. The molecule has 3 nitrogen and oxygen atoms in total. The van der Waals surface area contributed by atoms with Gasteiger partial charge in [-0.2, -0.15) is 0 Å². The quantitative estimate of drug-likeness (QED) is 0.689. The molecule has 0 aliphatic carbocycles. The lowest BCUT2D eigenvalue weighted by Crippen LogP contribution is -2.07. The molecule has 0 amide bonds. The van der Waals surface area contributed by atoms with Crippen LogP contribution in [0.4, 0.5) is 5.13 Å². The van der Waals surface area contributed by atoms with Gasteiger partial charge < -0.3 is 10.1 Å². The van der Waals surface area contributed by atoms with Crippen molar-refractivity contribution in [2.24, 2.45) is 0 Å². The third-order valence-corrected chi connectivity index (χ3v) is 2.80. The lowest BCUT2D eigenvalue weighted by atomic mass is 10.2. The molecule has 1 aliphatic heterocycles. The van der Waals surface area contributed by atoms with Gasteiger partial charge in [-0.3, -0.25) is 0 Å². The van der Waals surface area contributed by atoms with Crippen LogP contribution in [0, 0.1) is 0 Å². The molecular weight excluding hydrogens is 160 g/mol. The summed E-state index contributed by atoms with van der Waals surface area (Å²) < 4.78 is 5.30. The Labute approximate surface area is 69.4 Å². The molecule has 60 valence electrons. The Morgan fingerprint density at radius 1 is 1.64 bits per heavy atom. The number of anilines is 1. The molecule has 0 aromatic carbocycles. The molecule has 0 spiro atoms. The topological polar surface area (TPSA) is 34.2 Å². The maximum Gasteiger partial charge on any atom is 0.182 e. The largest absolute Gasteiger partial charge is 0.375 e. The van der Waals surface area contributed by atoms with Gasteiger partial charge in [0.1, 0.15) is 0 Å². The van der Waals surface area contributed by atoms with Crippen molar-refractivity contribution < 1.29 is 4.74 Å². The molecule has 1 aromatic heterocycles. The van der Waals surface area contributed by atoms with Crippen LogP contribution in [0.2, 0.25) is 0 Å². The van der Waals surface area contributed by atoms with Crippen LogP contribution in [-0.4, -0.2) is 18.6 Å². The second kappa shape index (κ2) is 2.79. The summed E-state index contributed by atoms with van der Waals surface area (Å²) in [5.74, 6) is 0. The van der Waals surface area contributed by atoms with Crippen molar-refractivity contribution in [2.75, 3.05) is 19.0 Å². The molecular formula is C7H10N2OS. The highest BCUT2D eigenvalue weighted by molar-refractivity contribution is 7.15. The highest BCUT2D eigenvalue weighted by Gasteiger charge is 2.14. The van der Waals surface area contributed by atoms with Crippen molar-refractivity contribution in [3.8, 4) is 0 Å². The minimum absolute atomic E-state index is 0.745. The van der Waals surface area contributed by atoms with Crippen molar-refractivity contribution >= 4 is 16.5 Å². The molecule has 0 unspecified atom stereocenters. The molecule has 0 saturated carbocycles. The standard InChI is InChI=1S/C7H10N2OS/c1-8-7-9-5-2-3-10-4-6(5)11-7/h2-4H2,1H3,(H,8,9). The van der Waals surface area contributed by atoms with E-state index in [1.54, 1.807) is 11.3 Å². The number of thiazole rings is 1. The van der Waals surface area contributed by atoms with E-state index in [4.69, 9.17) is 4.74 Å². The first-order valence-electron chi connectivity index (χ1n) is 3.64. The summed E-state index contributed by atoms with van der Waals surface area (Å²) in [7, 11) is 1.89. The SMILES string of the molecule is CNc1nc2c(s1)COCC2. The molecule has 0 saturated heterocycles. The number of rotatable bonds is 1. The fraction of sp³-hybridized carbons (Fsp3) is 0.571. The number of nitrogens with zero attached hydrogens (tertiary/aromatic N) is 1. The zero-order valence-electron chi connectivity index (χ0n) is 6.39. The van der Waals surface area contributed by atoms with E-state index in [9.17, 15) is 0 Å². The van der Waals surface area contributed by atoms with Gasteiger partial charge >= 0.3 is 0 Å². The fourth-order valence-corrected chi connectivity index (χ4v) is 2.03. The fourth-order valence-electron chi connectivity index (χ4n) is 1.13. The molecule has 0 atom stereocenters. The summed E-state index contributed by atoms with van der Waals surface area (Å²) in [6, 6.07) is 0. The molecule has 0 fully saturated rings. The van der Waals surface area contributed by atoms with Gasteiger partial charge in [-0.05, 0) is 0 Å². The minimum Gasteiger partial charge on any atom is -0.375 e. The molecule has 1 aliphatic rings. The van der Waals surface area contributed by atoms with Gasteiger partial charge in [-0.1, -0.05) is 11.3 Å². The van der Waals surface area contributed by atoms with Crippen molar-refractivity contribution in [1.29, 1.82) is 0 Å². The zero-order chi connectivity index (χ0) is 7.68. The van der Waals surface area contributed by atoms with Crippen LogP contribution in [-0.2, 0) is 17.8 Å². The Morgan fingerprint density at radius 2 is 2.55 bits per heavy atom. The normalized spacial score (nSPS) is 16.1. The van der Waals surface area contributed by atoms with Gasteiger partial charge in [-0.25, -0.2) is 4.98 Å². The maximum absolute atomic E-state index is 5.30. The number of nitrogens with one attached hydrogen (secondary N) is 1. The Kier molecular flexibility index (Phi) is 1.79. The smallest absolute Gasteiger partial charge is 0.182 e. The Bertz CT molecular complexity index is 235. The highest BCUT2D eigenvalue weighted by Crippen LogP contribution is 2.26. The van der Waals surface area contributed by atoms with Gasteiger partial charge in [0, 0.05) is 13.5 Å². The van der Waals surface area contributed by atoms with Gasteiger partial charge in [0.25, 0.3) is 0 Å². The van der Waals surface area contributed by atoms with Crippen molar-refractivity contribution in [3.05, 3.63) is 10.6 Å². The van der Waals surface area contributed by atoms with E-state index < -0.39 is 0 Å². The Balaban J connectivity index is 2.32. The number of aromatic nitrogens is 1. The van der Waals surface area contributed by atoms with Crippen molar-refractivity contribution in [2.45, 2.75) is 13.0 Å². The molecule has 0 radical (unpaired) electrons. The van der Waals surface area contributed by atoms with Crippen LogP contribution in [0.15, 0.2) is 0 Å². The average Bonchev–Trinajstić information content (AvgIpc) is 2.46. The van der Waals surface area contributed by atoms with Gasteiger partial charge in [0.05, 0.1) is 23.8 Å². The highest BCUT2D eigenvalue weighted by atomic mass is 32.1. The van der Waals surface area contributed by atoms with Gasteiger partial charge in [-0.15, -0.1) is 0 Å². The first-order valence-corrected chi connectivity index (χ1v) is 4.46. The van der Waals surface area contributed by atoms with Gasteiger partial charge in [0.2, 0.25) is 0 Å². The lowest BCUT2D eigenvalue weighted by Gasteiger charge is -2.08. The van der Waals surface area contributed by atoms with Crippen LogP contribution in [0.5, 0.6) is 0 Å². The zero-order valence-corrected chi connectivity index (χ0v) is 7.20. The maximum atomic E-state index is 5.30. The van der Waals surface area contributed by atoms with Crippen LogP contribution < -0.4 is 5.32 Å². The molecule has 1 N–H and O–H groups in total. The third kappa shape index (κ3) is 1.23. The molecule has 2 rings (SSSR count).